The summed E-state index contributed by atoms with van der Waals surface area (Å²) < 4.78 is 12.6. The molecule has 148 valence electrons. The molecule has 0 bridgehead atoms. The number of aryl methyl sites for hydroxylation is 1. The first-order valence-corrected chi connectivity index (χ1v) is 9.30. The Kier molecular flexibility index (Phi) is 5.03. The number of esters is 1. The largest absolute Gasteiger partial charge is 0.489 e. The number of hydrogen-bond acceptors (Lipinski definition) is 6. The highest BCUT2D eigenvalue weighted by Crippen LogP contribution is 2.35. The second-order valence-corrected chi connectivity index (χ2v) is 6.93. The Labute approximate surface area is 169 Å². The zero-order valence-electron chi connectivity index (χ0n) is 16.5. The lowest BCUT2D eigenvalue weighted by atomic mass is 9.96. The molecule has 7 heteroatoms. The standard InChI is InChI=1S/C22H22N4O3/c1-14-4-6-16(7-5-14)12-29-18-10-8-17(9-11-18)20-19(21(27)28-3)15(2)25-22-23-13-24-26(20)22/h4-11,13,20H,12H2,1-3H3,(H,23,24,25). The van der Waals surface area contributed by atoms with Crippen molar-refractivity contribution >= 4 is 11.9 Å². The normalized spacial score (nSPS) is 15.5. The van der Waals surface area contributed by atoms with Crippen molar-refractivity contribution in [2.45, 2.75) is 26.5 Å². The third-order valence-corrected chi connectivity index (χ3v) is 4.92. The number of carbonyl (C=O) groups is 1. The maximum Gasteiger partial charge on any atom is 0.338 e. The lowest BCUT2D eigenvalue weighted by Crippen LogP contribution is -2.29. The lowest BCUT2D eigenvalue weighted by Gasteiger charge is -2.28. The van der Waals surface area contributed by atoms with E-state index in [1.54, 1.807) is 4.68 Å². The molecule has 1 aromatic heterocycles. The van der Waals surface area contributed by atoms with Crippen LogP contribution in [-0.2, 0) is 16.1 Å². The first kappa shape index (κ1) is 18.7. The summed E-state index contributed by atoms with van der Waals surface area (Å²) >= 11 is 0. The van der Waals surface area contributed by atoms with Gasteiger partial charge in [-0.2, -0.15) is 10.1 Å². The molecule has 1 aliphatic rings. The fraction of sp³-hybridized carbons (Fsp3) is 0.227. The van der Waals surface area contributed by atoms with E-state index in [2.05, 4.69) is 46.6 Å². The predicted octanol–water partition coefficient (Wildman–Crippen LogP) is 3.63. The molecule has 1 unspecified atom stereocenters. The molecule has 3 aromatic rings. The van der Waals surface area contributed by atoms with E-state index in [9.17, 15) is 4.79 Å². The van der Waals surface area contributed by atoms with Crippen molar-refractivity contribution in [2.75, 3.05) is 12.4 Å². The molecular formula is C22H22N4O3. The number of hydrogen-bond donors (Lipinski definition) is 1. The molecule has 7 nitrogen and oxygen atoms in total. The fourth-order valence-electron chi connectivity index (χ4n) is 3.37. The van der Waals surface area contributed by atoms with Gasteiger partial charge in [0.25, 0.3) is 0 Å². The number of allylic oxidation sites excluding steroid dienone is 1. The second-order valence-electron chi connectivity index (χ2n) is 6.93. The minimum Gasteiger partial charge on any atom is -0.489 e. The third kappa shape index (κ3) is 3.71. The fourth-order valence-corrected chi connectivity index (χ4v) is 3.37. The highest BCUT2D eigenvalue weighted by Gasteiger charge is 2.33. The smallest absolute Gasteiger partial charge is 0.338 e. The zero-order chi connectivity index (χ0) is 20.4. The van der Waals surface area contributed by atoms with Gasteiger partial charge in [0.1, 0.15) is 24.7 Å². The molecule has 0 saturated heterocycles. The SMILES string of the molecule is COC(=O)C1=C(C)Nc2ncnn2C1c1ccc(OCc2ccc(C)cc2)cc1. The molecular weight excluding hydrogens is 368 g/mol. The van der Waals surface area contributed by atoms with Gasteiger partial charge in [0, 0.05) is 5.70 Å². The minimum atomic E-state index is -0.424. The molecule has 1 aliphatic heterocycles. The molecule has 0 amide bonds. The molecule has 1 N–H and O–H groups in total. The maximum atomic E-state index is 12.4. The molecule has 1 atom stereocenters. The molecule has 4 rings (SSSR count). The Morgan fingerprint density at radius 2 is 1.83 bits per heavy atom. The molecule has 29 heavy (non-hydrogen) atoms. The van der Waals surface area contributed by atoms with Gasteiger partial charge in [0.05, 0.1) is 12.7 Å². The van der Waals surface area contributed by atoms with Gasteiger partial charge < -0.3 is 14.8 Å². The highest BCUT2D eigenvalue weighted by molar-refractivity contribution is 5.92. The molecule has 0 aliphatic carbocycles. The second kappa shape index (κ2) is 7.79. The van der Waals surface area contributed by atoms with E-state index in [1.165, 1.54) is 19.0 Å². The van der Waals surface area contributed by atoms with Crippen molar-refractivity contribution < 1.29 is 14.3 Å². The van der Waals surface area contributed by atoms with Crippen molar-refractivity contribution in [3.63, 3.8) is 0 Å². The Hall–Kier alpha value is -3.61. The number of nitrogens with zero attached hydrogens (tertiary/aromatic N) is 3. The van der Waals surface area contributed by atoms with Crippen molar-refractivity contribution in [1.82, 2.24) is 14.8 Å². The maximum absolute atomic E-state index is 12.4. The molecule has 0 fully saturated rings. The van der Waals surface area contributed by atoms with Crippen molar-refractivity contribution in [1.29, 1.82) is 0 Å². The number of benzene rings is 2. The number of fused-ring (bicyclic) bond motifs is 1. The summed E-state index contributed by atoms with van der Waals surface area (Å²) in [6.45, 7) is 4.38. The number of methoxy groups -OCH3 is 1. The summed E-state index contributed by atoms with van der Waals surface area (Å²) in [5.74, 6) is 0.933. The van der Waals surface area contributed by atoms with Crippen LogP contribution in [0.15, 0.2) is 66.1 Å². The first-order chi connectivity index (χ1) is 14.1. The van der Waals surface area contributed by atoms with Gasteiger partial charge in [0.2, 0.25) is 5.95 Å². The average Bonchev–Trinajstić information content (AvgIpc) is 3.20. The lowest BCUT2D eigenvalue weighted by molar-refractivity contribution is -0.136. The van der Waals surface area contributed by atoms with Gasteiger partial charge in [-0.05, 0) is 37.1 Å². The zero-order valence-corrected chi connectivity index (χ0v) is 16.5. The topological polar surface area (TPSA) is 78.3 Å². The van der Waals surface area contributed by atoms with Crippen LogP contribution in [0.5, 0.6) is 5.75 Å². The van der Waals surface area contributed by atoms with Gasteiger partial charge in [-0.15, -0.1) is 0 Å². The quantitative estimate of drug-likeness (QED) is 0.671. The number of aromatic nitrogens is 3. The minimum absolute atomic E-state index is 0.402. The van der Waals surface area contributed by atoms with E-state index >= 15 is 0 Å². The van der Waals surface area contributed by atoms with Crippen LogP contribution in [0.1, 0.15) is 29.7 Å². The number of anilines is 1. The van der Waals surface area contributed by atoms with E-state index in [0.717, 1.165) is 16.9 Å². The van der Waals surface area contributed by atoms with Crippen LogP contribution in [0.4, 0.5) is 5.95 Å². The highest BCUT2D eigenvalue weighted by atomic mass is 16.5. The van der Waals surface area contributed by atoms with Crippen molar-refractivity contribution in [3.05, 3.63) is 82.8 Å². The van der Waals surface area contributed by atoms with Crippen LogP contribution in [0.25, 0.3) is 0 Å². The number of carbonyl (C=O) groups excluding carboxylic acids is 1. The van der Waals surface area contributed by atoms with Crippen molar-refractivity contribution in [3.8, 4) is 5.75 Å². The van der Waals surface area contributed by atoms with Gasteiger partial charge >= 0.3 is 5.97 Å². The summed E-state index contributed by atoms with van der Waals surface area (Å²) in [5.41, 5.74) is 4.41. The van der Waals surface area contributed by atoms with Crippen LogP contribution in [0.2, 0.25) is 0 Å². The molecule has 0 spiro atoms. The summed E-state index contributed by atoms with van der Waals surface area (Å²) in [6.07, 6.45) is 1.46. The Balaban J connectivity index is 1.58. The molecule has 0 saturated carbocycles. The Bertz CT molecular complexity index is 1050. The van der Waals surface area contributed by atoms with E-state index in [4.69, 9.17) is 9.47 Å². The average molecular weight is 390 g/mol. The van der Waals surface area contributed by atoms with Crippen molar-refractivity contribution in [2.24, 2.45) is 0 Å². The van der Waals surface area contributed by atoms with Gasteiger partial charge in [-0.25, -0.2) is 9.48 Å². The van der Waals surface area contributed by atoms with Gasteiger partial charge in [0.15, 0.2) is 0 Å². The number of nitrogens with one attached hydrogen (secondary N) is 1. The van der Waals surface area contributed by atoms with E-state index in [-0.39, 0.29) is 0 Å². The van der Waals surface area contributed by atoms with Crippen LogP contribution >= 0.6 is 0 Å². The molecule has 2 heterocycles. The van der Waals surface area contributed by atoms with Crippen LogP contribution in [-0.4, -0.2) is 27.8 Å². The van der Waals surface area contributed by atoms with E-state index in [0.29, 0.717) is 23.8 Å². The number of rotatable bonds is 5. The first-order valence-electron chi connectivity index (χ1n) is 9.30. The van der Waals surface area contributed by atoms with Gasteiger partial charge in [-0.3, -0.25) is 0 Å². The Morgan fingerprint density at radius 3 is 2.52 bits per heavy atom. The number of ether oxygens (including phenoxy) is 2. The van der Waals surface area contributed by atoms with Gasteiger partial charge in [-0.1, -0.05) is 42.0 Å². The third-order valence-electron chi connectivity index (χ3n) is 4.92. The van der Waals surface area contributed by atoms with Crippen LogP contribution in [0.3, 0.4) is 0 Å². The van der Waals surface area contributed by atoms with E-state index in [1.807, 2.05) is 31.2 Å². The molecule has 0 radical (unpaired) electrons. The summed E-state index contributed by atoms with van der Waals surface area (Å²) in [5, 5.41) is 7.39. The van der Waals surface area contributed by atoms with Crippen LogP contribution in [0, 0.1) is 6.92 Å². The monoisotopic (exact) mass is 390 g/mol. The summed E-state index contributed by atoms with van der Waals surface area (Å²) in [7, 11) is 1.37. The predicted molar refractivity (Wildman–Crippen MR) is 108 cm³/mol. The molecule has 2 aromatic carbocycles. The van der Waals surface area contributed by atoms with E-state index < -0.39 is 12.0 Å². The summed E-state index contributed by atoms with van der Waals surface area (Å²) in [4.78, 5) is 16.7. The van der Waals surface area contributed by atoms with Crippen LogP contribution < -0.4 is 10.1 Å². The Morgan fingerprint density at radius 1 is 1.10 bits per heavy atom. The summed E-state index contributed by atoms with van der Waals surface area (Å²) in [6, 6.07) is 15.5.